The zero-order valence-corrected chi connectivity index (χ0v) is 23.9. The molecule has 3 aromatic heterocycles. The van der Waals surface area contributed by atoms with E-state index in [1.807, 2.05) is 31.2 Å². The molecule has 1 N–H and O–H groups in total. The van der Waals surface area contributed by atoms with Gasteiger partial charge in [-0.3, -0.25) is 4.68 Å². The van der Waals surface area contributed by atoms with E-state index < -0.39 is 11.6 Å². The van der Waals surface area contributed by atoms with Crippen LogP contribution in [-0.4, -0.2) is 50.0 Å². The van der Waals surface area contributed by atoms with Gasteiger partial charge in [0.25, 0.3) is 0 Å². The van der Waals surface area contributed by atoms with Crippen molar-refractivity contribution in [2.75, 3.05) is 25.6 Å². The number of hydrogen-bond acceptors (Lipinski definition) is 8. The van der Waals surface area contributed by atoms with E-state index in [0.717, 1.165) is 29.5 Å². The van der Waals surface area contributed by atoms with Gasteiger partial charge in [-0.25, -0.2) is 28.7 Å². The molecule has 1 aliphatic carbocycles. The Labute approximate surface area is 242 Å². The van der Waals surface area contributed by atoms with Crippen LogP contribution in [0.4, 0.5) is 20.4 Å². The van der Waals surface area contributed by atoms with Crippen molar-refractivity contribution in [3.63, 3.8) is 0 Å². The van der Waals surface area contributed by atoms with Gasteiger partial charge in [0.2, 0.25) is 0 Å². The summed E-state index contributed by atoms with van der Waals surface area (Å²) in [5.74, 6) is 1.04. The molecule has 0 fully saturated rings. The molecule has 0 radical (unpaired) electrons. The van der Waals surface area contributed by atoms with Crippen molar-refractivity contribution in [1.82, 2.24) is 29.7 Å². The molecule has 216 valence electrons. The molecule has 0 saturated carbocycles. The molecule has 1 aliphatic rings. The SMILES string of the molecule is COCCOc1cc(F)c(Cn2nc(-c3nc4c(c(Nc5ccnc(C)n5)n3)CC(C)(C)C4)c3ccccc32)c(F)c1. The van der Waals surface area contributed by atoms with Gasteiger partial charge in [-0.15, -0.1) is 0 Å². The van der Waals surface area contributed by atoms with Crippen LogP contribution in [0.5, 0.6) is 5.75 Å². The number of nitrogens with one attached hydrogen (secondary N) is 1. The Bertz CT molecular complexity index is 1760. The maximum atomic E-state index is 15.1. The molecule has 0 spiro atoms. The predicted molar refractivity (Wildman–Crippen MR) is 155 cm³/mol. The molecule has 9 nitrogen and oxygen atoms in total. The van der Waals surface area contributed by atoms with Crippen molar-refractivity contribution in [3.8, 4) is 17.3 Å². The number of benzene rings is 2. The Morgan fingerprint density at radius 3 is 2.55 bits per heavy atom. The van der Waals surface area contributed by atoms with Crippen molar-refractivity contribution in [2.24, 2.45) is 5.41 Å². The van der Waals surface area contributed by atoms with E-state index in [2.05, 4.69) is 29.1 Å². The first kappa shape index (κ1) is 27.6. The van der Waals surface area contributed by atoms with E-state index in [1.165, 1.54) is 19.2 Å². The number of aromatic nitrogens is 6. The molecular formula is C31H31F2N7O2. The van der Waals surface area contributed by atoms with E-state index in [4.69, 9.17) is 24.5 Å². The minimum Gasteiger partial charge on any atom is -0.491 e. The predicted octanol–water partition coefficient (Wildman–Crippen LogP) is 5.81. The van der Waals surface area contributed by atoms with Gasteiger partial charge in [-0.1, -0.05) is 32.0 Å². The number of rotatable bonds is 9. The van der Waals surface area contributed by atoms with Crippen LogP contribution < -0.4 is 10.1 Å². The zero-order valence-electron chi connectivity index (χ0n) is 23.9. The first-order valence-corrected chi connectivity index (χ1v) is 13.7. The van der Waals surface area contributed by atoms with Crippen LogP contribution in [0.2, 0.25) is 0 Å². The van der Waals surface area contributed by atoms with Gasteiger partial charge in [0.05, 0.1) is 24.4 Å². The molecule has 0 saturated heterocycles. The number of halogens is 2. The highest BCUT2D eigenvalue weighted by molar-refractivity contribution is 5.92. The van der Waals surface area contributed by atoms with Crippen LogP contribution in [0, 0.1) is 24.0 Å². The van der Waals surface area contributed by atoms with Crippen LogP contribution in [0.3, 0.4) is 0 Å². The molecule has 0 bridgehead atoms. The lowest BCUT2D eigenvalue weighted by Gasteiger charge is -2.15. The van der Waals surface area contributed by atoms with Crippen molar-refractivity contribution in [2.45, 2.75) is 40.2 Å². The molecule has 42 heavy (non-hydrogen) atoms. The summed E-state index contributed by atoms with van der Waals surface area (Å²) < 4.78 is 42.1. The highest BCUT2D eigenvalue weighted by Gasteiger charge is 2.33. The standard InChI is InChI=1S/C31H31F2N7O2/c1-18-34-10-9-27(35-18)37-29-21-15-31(2,3)16-25(21)36-30(38-29)28-20-7-5-6-8-26(20)40(39-28)17-22-23(32)13-19(14-24(22)33)42-12-11-41-4/h5-10,13-14H,11-12,15-17H2,1-4H3,(H,34,35,36,37,38). The van der Waals surface area contributed by atoms with Crippen molar-refractivity contribution >= 4 is 22.5 Å². The highest BCUT2D eigenvalue weighted by atomic mass is 19.1. The number of aryl methyl sites for hydroxylation is 1. The second-order valence-electron chi connectivity index (χ2n) is 11.2. The monoisotopic (exact) mass is 571 g/mol. The molecule has 0 aliphatic heterocycles. The lowest BCUT2D eigenvalue weighted by molar-refractivity contribution is 0.146. The third kappa shape index (κ3) is 5.52. The van der Waals surface area contributed by atoms with Crippen molar-refractivity contribution in [3.05, 3.63) is 82.9 Å². The highest BCUT2D eigenvalue weighted by Crippen LogP contribution is 2.40. The van der Waals surface area contributed by atoms with Crippen molar-refractivity contribution in [1.29, 1.82) is 0 Å². The first-order valence-electron chi connectivity index (χ1n) is 13.7. The van der Waals surface area contributed by atoms with Gasteiger partial charge < -0.3 is 14.8 Å². The molecule has 5 aromatic rings. The molecule has 0 amide bonds. The summed E-state index contributed by atoms with van der Waals surface area (Å²) >= 11 is 0. The van der Waals surface area contributed by atoms with Crippen LogP contribution in [0.25, 0.3) is 22.4 Å². The molecule has 3 heterocycles. The average Bonchev–Trinajstić information content (AvgIpc) is 3.47. The summed E-state index contributed by atoms with van der Waals surface area (Å²) in [6, 6.07) is 11.7. The van der Waals surface area contributed by atoms with E-state index in [9.17, 15) is 0 Å². The Morgan fingerprint density at radius 2 is 1.79 bits per heavy atom. The third-order valence-corrected chi connectivity index (χ3v) is 7.26. The quantitative estimate of drug-likeness (QED) is 0.221. The summed E-state index contributed by atoms with van der Waals surface area (Å²) in [5.41, 5.74) is 3.12. The topological polar surface area (TPSA) is 99.9 Å². The number of nitrogens with zero attached hydrogens (tertiary/aromatic N) is 6. The third-order valence-electron chi connectivity index (χ3n) is 7.26. The molecule has 0 unspecified atom stereocenters. The van der Waals surface area contributed by atoms with E-state index in [-0.39, 0.29) is 29.9 Å². The normalized spacial score (nSPS) is 13.9. The molecule has 6 rings (SSSR count). The molecule has 11 heteroatoms. The zero-order chi connectivity index (χ0) is 29.4. The maximum Gasteiger partial charge on any atom is 0.182 e. The van der Waals surface area contributed by atoms with Gasteiger partial charge in [0, 0.05) is 42.0 Å². The fourth-order valence-corrected chi connectivity index (χ4v) is 5.33. The fourth-order valence-electron chi connectivity index (χ4n) is 5.33. The summed E-state index contributed by atoms with van der Waals surface area (Å²) in [6.07, 6.45) is 3.29. The van der Waals surface area contributed by atoms with Gasteiger partial charge in [-0.05, 0) is 37.3 Å². The van der Waals surface area contributed by atoms with Crippen molar-refractivity contribution < 1.29 is 18.3 Å². The van der Waals surface area contributed by atoms with Crippen LogP contribution in [-0.2, 0) is 24.1 Å². The summed E-state index contributed by atoms with van der Waals surface area (Å²) in [4.78, 5) is 18.6. The number of ether oxygens (including phenoxy) is 2. The van der Waals surface area contributed by atoms with Crippen LogP contribution in [0.1, 0.15) is 36.5 Å². The minimum atomic E-state index is -0.716. The van der Waals surface area contributed by atoms with Crippen LogP contribution >= 0.6 is 0 Å². The van der Waals surface area contributed by atoms with E-state index >= 15 is 8.78 Å². The molecular weight excluding hydrogens is 540 g/mol. The summed E-state index contributed by atoms with van der Waals surface area (Å²) in [7, 11) is 1.53. The smallest absolute Gasteiger partial charge is 0.182 e. The second kappa shape index (κ2) is 11.1. The molecule has 0 atom stereocenters. The second-order valence-corrected chi connectivity index (χ2v) is 11.2. The van der Waals surface area contributed by atoms with Gasteiger partial charge >= 0.3 is 0 Å². The largest absolute Gasteiger partial charge is 0.491 e. The number of para-hydroxylation sites is 1. The van der Waals surface area contributed by atoms with Gasteiger partial charge in [0.15, 0.2) is 5.82 Å². The molecule has 2 aromatic carbocycles. The fraction of sp³-hybridized carbons (Fsp3) is 0.323. The van der Waals surface area contributed by atoms with E-state index in [1.54, 1.807) is 16.9 Å². The van der Waals surface area contributed by atoms with E-state index in [0.29, 0.717) is 41.1 Å². The number of methoxy groups -OCH3 is 1. The first-order chi connectivity index (χ1) is 20.2. The Morgan fingerprint density at radius 1 is 1.00 bits per heavy atom. The number of anilines is 2. The Kier molecular flexibility index (Phi) is 7.28. The number of fused-ring (bicyclic) bond motifs is 2. The minimum absolute atomic E-state index is 0.0174. The van der Waals surface area contributed by atoms with Gasteiger partial charge in [0.1, 0.15) is 47.1 Å². The average molecular weight is 572 g/mol. The lowest BCUT2D eigenvalue weighted by atomic mass is 9.90. The Balaban J connectivity index is 1.41. The summed E-state index contributed by atoms with van der Waals surface area (Å²) in [6.45, 7) is 6.61. The lowest BCUT2D eigenvalue weighted by Crippen LogP contribution is -2.10. The maximum absolute atomic E-state index is 15.1. The Hall–Kier alpha value is -4.51. The number of hydrogen-bond donors (Lipinski definition) is 1. The van der Waals surface area contributed by atoms with Crippen LogP contribution in [0.15, 0.2) is 48.7 Å². The summed E-state index contributed by atoms with van der Waals surface area (Å²) in [5, 5.41) is 8.95. The van der Waals surface area contributed by atoms with Gasteiger partial charge in [-0.2, -0.15) is 5.10 Å².